The summed E-state index contributed by atoms with van der Waals surface area (Å²) < 4.78 is 41.4. The number of thioether (sulfide) groups is 1. The molecular weight excluding hydrogens is 615 g/mol. The Balaban J connectivity index is 1.19. The van der Waals surface area contributed by atoms with E-state index in [9.17, 15) is 13.5 Å². The molecule has 0 aromatic heterocycles. The number of hydrogen-bond acceptors (Lipinski definition) is 6. The molecule has 0 unspecified atom stereocenters. The molecule has 0 radical (unpaired) electrons. The standard InChI is InChI=1S/C38H37NO5S2/c1-27-36(26-45-34-11-4-2-5-12-34)43-38(44-37(27)31-17-15-28(25-40)16-18-31)32-21-19-30(20-22-32)33-10-8-9-29(23-33)24-39-46(41,42)35-13-6-3-7-14-35/h2-23,27,36-40H,24-26H2,1H3/t27-,36+,37+,38+/m0/s1. The van der Waals surface area contributed by atoms with Crippen LogP contribution in [0.2, 0.25) is 0 Å². The molecule has 6 rings (SSSR count). The number of nitrogens with one attached hydrogen (secondary N) is 1. The summed E-state index contributed by atoms with van der Waals surface area (Å²) in [4.78, 5) is 1.44. The van der Waals surface area contributed by atoms with Crippen LogP contribution in [0.4, 0.5) is 0 Å². The number of aliphatic hydroxyl groups is 1. The van der Waals surface area contributed by atoms with Crippen LogP contribution in [0, 0.1) is 5.92 Å². The topological polar surface area (TPSA) is 84.9 Å². The van der Waals surface area contributed by atoms with Gasteiger partial charge in [0.15, 0.2) is 6.29 Å². The second kappa shape index (κ2) is 14.8. The van der Waals surface area contributed by atoms with Crippen LogP contribution in [-0.4, -0.2) is 25.4 Å². The van der Waals surface area contributed by atoms with E-state index >= 15 is 0 Å². The van der Waals surface area contributed by atoms with Crippen molar-refractivity contribution in [2.75, 3.05) is 5.75 Å². The van der Waals surface area contributed by atoms with Crippen molar-refractivity contribution in [2.45, 2.75) is 48.4 Å². The fraction of sp³-hybridized carbons (Fsp3) is 0.211. The summed E-state index contributed by atoms with van der Waals surface area (Å²) in [5.41, 5.74) is 5.71. The minimum atomic E-state index is -3.60. The van der Waals surface area contributed by atoms with Gasteiger partial charge in [-0.05, 0) is 58.1 Å². The normalized spacial score (nSPS) is 20.0. The predicted octanol–water partition coefficient (Wildman–Crippen LogP) is 7.91. The Bertz CT molecular complexity index is 1820. The Morgan fingerprint density at radius 2 is 1.39 bits per heavy atom. The molecule has 0 aliphatic carbocycles. The van der Waals surface area contributed by atoms with Crippen molar-refractivity contribution in [1.29, 1.82) is 0 Å². The SMILES string of the molecule is C[C@H]1[C@@H](CSc2ccccc2)O[C@@H](c2ccc(-c3cccc(CNS(=O)(=O)c4ccccc4)c3)cc2)O[C@H]1c1ccc(CO)cc1. The highest BCUT2D eigenvalue weighted by molar-refractivity contribution is 7.99. The lowest BCUT2D eigenvalue weighted by Gasteiger charge is -2.41. The van der Waals surface area contributed by atoms with E-state index in [4.69, 9.17) is 9.47 Å². The van der Waals surface area contributed by atoms with E-state index in [1.54, 1.807) is 42.1 Å². The summed E-state index contributed by atoms with van der Waals surface area (Å²) in [5, 5.41) is 9.54. The van der Waals surface area contributed by atoms with Gasteiger partial charge in [-0.15, -0.1) is 11.8 Å². The third-order valence-corrected chi connectivity index (χ3v) is 10.8. The zero-order valence-electron chi connectivity index (χ0n) is 25.5. The van der Waals surface area contributed by atoms with Crippen molar-refractivity contribution < 1.29 is 23.0 Å². The molecule has 5 aromatic rings. The minimum Gasteiger partial charge on any atom is -0.392 e. The average Bonchev–Trinajstić information content (AvgIpc) is 3.11. The molecule has 0 spiro atoms. The van der Waals surface area contributed by atoms with Gasteiger partial charge < -0.3 is 14.6 Å². The number of sulfonamides is 1. The molecule has 0 bridgehead atoms. The van der Waals surface area contributed by atoms with Gasteiger partial charge >= 0.3 is 0 Å². The van der Waals surface area contributed by atoms with Crippen LogP contribution < -0.4 is 4.72 Å². The van der Waals surface area contributed by atoms with Crippen molar-refractivity contribution in [3.8, 4) is 11.1 Å². The zero-order chi connectivity index (χ0) is 31.9. The van der Waals surface area contributed by atoms with Gasteiger partial charge in [0, 0.05) is 28.7 Å². The highest BCUT2D eigenvalue weighted by Gasteiger charge is 2.38. The monoisotopic (exact) mass is 651 g/mol. The molecule has 1 heterocycles. The molecule has 0 saturated carbocycles. The zero-order valence-corrected chi connectivity index (χ0v) is 27.2. The lowest BCUT2D eigenvalue weighted by Crippen LogP contribution is -2.38. The summed E-state index contributed by atoms with van der Waals surface area (Å²) >= 11 is 1.78. The van der Waals surface area contributed by atoms with Gasteiger partial charge in [-0.1, -0.05) is 110 Å². The van der Waals surface area contributed by atoms with Gasteiger partial charge in [0.2, 0.25) is 10.0 Å². The molecule has 8 heteroatoms. The molecule has 1 saturated heterocycles. The Morgan fingerprint density at radius 3 is 2.09 bits per heavy atom. The molecule has 1 aliphatic heterocycles. The van der Waals surface area contributed by atoms with E-state index in [0.717, 1.165) is 39.1 Å². The fourth-order valence-electron chi connectivity index (χ4n) is 5.56. The number of aliphatic hydroxyl groups excluding tert-OH is 1. The first-order valence-corrected chi connectivity index (χ1v) is 17.8. The van der Waals surface area contributed by atoms with Gasteiger partial charge in [0.25, 0.3) is 0 Å². The van der Waals surface area contributed by atoms with Gasteiger partial charge in [-0.2, -0.15) is 0 Å². The first-order chi connectivity index (χ1) is 22.4. The highest BCUT2D eigenvalue weighted by atomic mass is 32.2. The Morgan fingerprint density at radius 1 is 0.717 bits per heavy atom. The molecule has 0 amide bonds. The molecular formula is C38H37NO5S2. The van der Waals surface area contributed by atoms with Crippen molar-refractivity contribution in [3.05, 3.63) is 156 Å². The van der Waals surface area contributed by atoms with Crippen molar-refractivity contribution in [2.24, 2.45) is 5.92 Å². The smallest absolute Gasteiger partial charge is 0.240 e. The average molecular weight is 652 g/mol. The number of ether oxygens (including phenoxy) is 2. The van der Waals surface area contributed by atoms with Gasteiger partial charge in [0.1, 0.15) is 0 Å². The van der Waals surface area contributed by atoms with Crippen LogP contribution in [-0.2, 0) is 32.6 Å². The Kier molecular flexibility index (Phi) is 10.3. The first-order valence-electron chi connectivity index (χ1n) is 15.3. The maximum atomic E-state index is 12.7. The second-order valence-corrected chi connectivity index (χ2v) is 14.3. The summed E-state index contributed by atoms with van der Waals surface area (Å²) in [7, 11) is -3.60. The predicted molar refractivity (Wildman–Crippen MR) is 182 cm³/mol. The van der Waals surface area contributed by atoms with Gasteiger partial charge in [-0.25, -0.2) is 13.1 Å². The maximum Gasteiger partial charge on any atom is 0.240 e. The molecule has 6 nitrogen and oxygen atoms in total. The van der Waals surface area contributed by atoms with E-state index in [1.807, 2.05) is 91.0 Å². The van der Waals surface area contributed by atoms with Gasteiger partial charge in [0.05, 0.1) is 23.7 Å². The van der Waals surface area contributed by atoms with Crippen LogP contribution in [0.25, 0.3) is 11.1 Å². The third-order valence-electron chi connectivity index (χ3n) is 8.24. The lowest BCUT2D eigenvalue weighted by atomic mass is 9.91. The summed E-state index contributed by atoms with van der Waals surface area (Å²) in [5.74, 6) is 0.892. The molecule has 1 fully saturated rings. The van der Waals surface area contributed by atoms with E-state index < -0.39 is 16.3 Å². The van der Waals surface area contributed by atoms with Crippen LogP contribution >= 0.6 is 11.8 Å². The van der Waals surface area contributed by atoms with E-state index in [1.165, 1.54) is 4.90 Å². The number of hydrogen-bond donors (Lipinski definition) is 2. The van der Waals surface area contributed by atoms with Crippen LogP contribution in [0.3, 0.4) is 0 Å². The highest BCUT2D eigenvalue weighted by Crippen LogP contribution is 2.43. The molecule has 46 heavy (non-hydrogen) atoms. The van der Waals surface area contributed by atoms with Crippen LogP contribution in [0.5, 0.6) is 0 Å². The van der Waals surface area contributed by atoms with E-state index in [0.29, 0.717) is 0 Å². The third kappa shape index (κ3) is 7.78. The van der Waals surface area contributed by atoms with Crippen LogP contribution in [0.1, 0.15) is 41.6 Å². The maximum absolute atomic E-state index is 12.7. The van der Waals surface area contributed by atoms with E-state index in [2.05, 4.69) is 23.8 Å². The Labute approximate surface area is 275 Å². The fourth-order valence-corrected chi connectivity index (χ4v) is 7.69. The minimum absolute atomic E-state index is 0.00197. The summed E-state index contributed by atoms with van der Waals surface area (Å²) in [6.07, 6.45) is -0.778. The second-order valence-electron chi connectivity index (χ2n) is 11.4. The van der Waals surface area contributed by atoms with Crippen molar-refractivity contribution >= 4 is 21.8 Å². The first kappa shape index (κ1) is 32.2. The quantitative estimate of drug-likeness (QED) is 0.141. The molecule has 236 valence electrons. The van der Waals surface area contributed by atoms with Gasteiger partial charge in [-0.3, -0.25) is 0 Å². The molecule has 1 aliphatic rings. The van der Waals surface area contributed by atoms with Crippen molar-refractivity contribution in [3.63, 3.8) is 0 Å². The van der Waals surface area contributed by atoms with E-state index in [-0.39, 0.29) is 36.2 Å². The molecule has 5 aromatic carbocycles. The lowest BCUT2D eigenvalue weighted by molar-refractivity contribution is -0.268. The Hall–Kier alpha value is -3.76. The largest absolute Gasteiger partial charge is 0.392 e. The summed E-state index contributed by atoms with van der Waals surface area (Å²) in [6, 6.07) is 42.7. The van der Waals surface area contributed by atoms with Crippen molar-refractivity contribution in [1.82, 2.24) is 4.72 Å². The van der Waals surface area contributed by atoms with Crippen LogP contribution in [0.15, 0.2) is 143 Å². The molecule has 2 N–H and O–H groups in total. The number of benzene rings is 5. The molecule has 4 atom stereocenters. The number of rotatable bonds is 11. The summed E-state index contributed by atoms with van der Waals surface area (Å²) in [6.45, 7) is 2.36.